The first-order valence-corrected chi connectivity index (χ1v) is 6.35. The van der Waals surface area contributed by atoms with Gasteiger partial charge in [0.2, 0.25) is 11.7 Å². The number of rotatable bonds is 1. The molecule has 0 N–H and O–H groups in total. The molecule has 3 heteroatoms. The van der Waals surface area contributed by atoms with Gasteiger partial charge in [-0.05, 0) is 23.7 Å². The van der Waals surface area contributed by atoms with Crippen LogP contribution in [0.4, 0.5) is 0 Å². The van der Waals surface area contributed by atoms with Gasteiger partial charge in [-0.3, -0.25) is 0 Å². The molecule has 0 saturated carbocycles. The lowest BCUT2D eigenvalue weighted by molar-refractivity contribution is 0.275. The molecule has 0 spiro atoms. The van der Waals surface area contributed by atoms with E-state index in [0.717, 1.165) is 0 Å². The Morgan fingerprint density at radius 2 is 1.08 bits per heavy atom. The van der Waals surface area contributed by atoms with Crippen molar-refractivity contribution in [3.8, 4) is 0 Å². The maximum atomic E-state index is 8.71. The van der Waals surface area contributed by atoms with Crippen molar-refractivity contribution in [2.24, 2.45) is 10.8 Å². The molecule has 0 aliphatic carbocycles. The van der Waals surface area contributed by atoms with Gasteiger partial charge in [0.05, 0.1) is 4.21 Å². The second kappa shape index (κ2) is 6.77. The van der Waals surface area contributed by atoms with Crippen molar-refractivity contribution >= 4 is 22.4 Å². The van der Waals surface area contributed by atoms with Gasteiger partial charge in [0.1, 0.15) is 0 Å². The molecule has 13 heavy (non-hydrogen) atoms. The minimum atomic E-state index is 0.194. The van der Waals surface area contributed by atoms with Crippen molar-refractivity contribution in [2.45, 2.75) is 54.4 Å². The Kier molecular flexibility index (Phi) is 8.24. The van der Waals surface area contributed by atoms with Gasteiger partial charge in [0.15, 0.2) is 0 Å². The lowest BCUT2D eigenvalue weighted by Crippen LogP contribution is -2.12. The Hall–Kier alpha value is 0.370. The molecule has 1 nitrogen and oxygen atoms in total. The third-order valence-electron chi connectivity index (χ3n) is 1.62. The number of thiol groups is 1. The number of hydrogen-bond donors (Lipinski definition) is 1. The van der Waals surface area contributed by atoms with Crippen LogP contribution in [0.1, 0.15) is 54.4 Å². The maximum absolute atomic E-state index is 8.71. The lowest BCUT2D eigenvalue weighted by atomic mass is 9.81. The Balaban J connectivity index is 0. The van der Waals surface area contributed by atoms with Gasteiger partial charge in [-0.2, -0.15) is 0 Å². The zero-order valence-electron chi connectivity index (χ0n) is 9.68. The molecule has 0 aromatic rings. The Labute approximate surface area is 92.0 Å². The molecule has 0 aliphatic heterocycles. The van der Waals surface area contributed by atoms with E-state index >= 15 is 0 Å². The lowest BCUT2D eigenvalue weighted by Gasteiger charge is -2.24. The summed E-state index contributed by atoms with van der Waals surface area (Å²) < 4.78 is 8.71. The summed E-state index contributed by atoms with van der Waals surface area (Å²) in [5.41, 5.74) is 1.01. The largest absolute Gasteiger partial charge is 0.545 e. The van der Waals surface area contributed by atoms with Crippen molar-refractivity contribution < 1.29 is 4.21 Å². The van der Waals surface area contributed by atoms with Gasteiger partial charge in [0, 0.05) is 0 Å². The van der Waals surface area contributed by atoms with E-state index in [1.165, 1.54) is 12.8 Å². The average Bonchev–Trinajstić information content (AvgIpc) is 1.82. The predicted molar refractivity (Wildman–Crippen MR) is 65.2 cm³/mol. The van der Waals surface area contributed by atoms with Crippen LogP contribution in [0, 0.1) is 10.8 Å². The molecule has 80 valence electrons. The molecule has 0 atom stereocenters. The summed E-state index contributed by atoms with van der Waals surface area (Å²) in [5.74, 6) is 0. The molecule has 0 aromatic carbocycles. The fourth-order valence-electron chi connectivity index (χ4n) is 0.750. The molecule has 0 unspecified atom stereocenters. The first kappa shape index (κ1) is 15.8. The monoisotopic (exact) mass is 223 g/mol. The zero-order chi connectivity index (χ0) is 11.1. The van der Waals surface area contributed by atoms with E-state index in [2.05, 4.69) is 53.2 Å². The summed E-state index contributed by atoms with van der Waals surface area (Å²) in [7, 11) is 0.194. The molecule has 0 aromatic heterocycles. The molecule has 0 fully saturated rings. The molecule has 0 aliphatic rings. The standard InChI is InChI=1S/C10H22.OS2/c1-9(2,3)7-8-10(4,5)6;1-3-2/h7-8H2,1-6H3;/p+1. The third-order valence-corrected chi connectivity index (χ3v) is 1.62. The quantitative estimate of drug-likeness (QED) is 0.402. The third kappa shape index (κ3) is 24.5. The van der Waals surface area contributed by atoms with Crippen LogP contribution in [0.5, 0.6) is 0 Å². The van der Waals surface area contributed by atoms with Crippen molar-refractivity contribution in [3.05, 3.63) is 0 Å². The van der Waals surface area contributed by atoms with Gasteiger partial charge in [-0.1, -0.05) is 41.5 Å². The highest BCUT2D eigenvalue weighted by atomic mass is 33.1. The minimum absolute atomic E-state index is 0.194. The van der Waals surface area contributed by atoms with Gasteiger partial charge in [-0.15, -0.1) is 0 Å². The van der Waals surface area contributed by atoms with Crippen LogP contribution in [0.2, 0.25) is 0 Å². The van der Waals surface area contributed by atoms with E-state index < -0.39 is 0 Å². The van der Waals surface area contributed by atoms with Crippen molar-refractivity contribution in [1.29, 1.82) is 0 Å². The molecule has 0 rings (SSSR count). The van der Waals surface area contributed by atoms with Gasteiger partial charge in [-0.25, -0.2) is 0 Å². The normalized spacial score (nSPS) is 11.6. The summed E-state index contributed by atoms with van der Waals surface area (Å²) >= 11 is 3.15. The fraction of sp³-hybridized carbons (Fsp3) is 1.00. The van der Waals surface area contributed by atoms with Crippen molar-refractivity contribution in [3.63, 3.8) is 0 Å². The Morgan fingerprint density at radius 3 is 1.15 bits per heavy atom. The van der Waals surface area contributed by atoms with Gasteiger partial charge < -0.3 is 0 Å². The molecular formula is C10H23OS2+. The van der Waals surface area contributed by atoms with Crippen LogP contribution >= 0.6 is 11.7 Å². The van der Waals surface area contributed by atoms with Crippen LogP contribution in [-0.2, 0) is 14.9 Å². The summed E-state index contributed by atoms with van der Waals surface area (Å²) in [6, 6.07) is 0. The molecule has 0 heterocycles. The topological polar surface area (TPSA) is 17.1 Å². The van der Waals surface area contributed by atoms with Crippen LogP contribution in [0.3, 0.4) is 0 Å². The summed E-state index contributed by atoms with van der Waals surface area (Å²) in [6.45, 7) is 13.8. The predicted octanol–water partition coefficient (Wildman–Crippen LogP) is 4.12. The van der Waals surface area contributed by atoms with E-state index in [4.69, 9.17) is 4.21 Å². The molecular weight excluding hydrogens is 200 g/mol. The van der Waals surface area contributed by atoms with Crippen molar-refractivity contribution in [2.75, 3.05) is 0 Å². The Morgan fingerprint density at radius 1 is 0.923 bits per heavy atom. The van der Waals surface area contributed by atoms with E-state index in [1.807, 2.05) is 0 Å². The van der Waals surface area contributed by atoms with Gasteiger partial charge in [0.25, 0.3) is 0 Å². The molecule has 0 saturated heterocycles. The highest BCUT2D eigenvalue weighted by molar-refractivity contribution is 8.51. The maximum Gasteiger partial charge on any atom is 0.545 e. The summed E-state index contributed by atoms with van der Waals surface area (Å²) in [6.07, 6.45) is 2.66. The van der Waals surface area contributed by atoms with E-state index in [0.29, 0.717) is 10.8 Å². The second-order valence-corrected chi connectivity index (χ2v) is 6.29. The minimum Gasteiger partial charge on any atom is -0.0602 e. The molecule has 0 amide bonds. The smallest absolute Gasteiger partial charge is 0.0602 e. The second-order valence-electron chi connectivity index (χ2n) is 5.70. The van der Waals surface area contributed by atoms with E-state index in [1.54, 1.807) is 0 Å². The first-order chi connectivity index (χ1) is 5.62. The van der Waals surface area contributed by atoms with E-state index in [9.17, 15) is 0 Å². The SMILES string of the molecule is CC(C)(C)CCC(C)(C)C.O=[S+]S. The summed E-state index contributed by atoms with van der Waals surface area (Å²) in [5, 5.41) is 0. The number of hydrogen-bond acceptors (Lipinski definition) is 1. The van der Waals surface area contributed by atoms with Crippen LogP contribution in [0.15, 0.2) is 0 Å². The zero-order valence-corrected chi connectivity index (χ0v) is 11.4. The van der Waals surface area contributed by atoms with Crippen LogP contribution in [-0.4, -0.2) is 0 Å². The highest BCUT2D eigenvalue weighted by Crippen LogP contribution is 2.29. The Bertz CT molecular complexity index is 117. The fourth-order valence-corrected chi connectivity index (χ4v) is 0.750. The first-order valence-electron chi connectivity index (χ1n) is 4.56. The highest BCUT2D eigenvalue weighted by Gasteiger charge is 2.16. The summed E-state index contributed by atoms with van der Waals surface area (Å²) in [4.78, 5) is 0. The van der Waals surface area contributed by atoms with E-state index in [-0.39, 0.29) is 10.7 Å². The van der Waals surface area contributed by atoms with Crippen molar-refractivity contribution in [1.82, 2.24) is 0 Å². The molecule has 0 radical (unpaired) electrons. The van der Waals surface area contributed by atoms with Crippen LogP contribution < -0.4 is 0 Å². The van der Waals surface area contributed by atoms with Crippen LogP contribution in [0.25, 0.3) is 0 Å². The van der Waals surface area contributed by atoms with Gasteiger partial charge >= 0.3 is 10.7 Å². The molecule has 0 bridgehead atoms. The average molecular weight is 223 g/mol.